The summed E-state index contributed by atoms with van der Waals surface area (Å²) in [6, 6.07) is 10.1. The first-order chi connectivity index (χ1) is 9.95. The molecule has 0 bridgehead atoms. The van der Waals surface area contributed by atoms with Gasteiger partial charge in [-0.1, -0.05) is 11.6 Å². The maximum Gasteiger partial charge on any atom is 0.387 e. The van der Waals surface area contributed by atoms with E-state index in [9.17, 15) is 13.6 Å². The van der Waals surface area contributed by atoms with Gasteiger partial charge in [0.1, 0.15) is 5.75 Å². The molecule has 3 N–H and O–H groups in total. The number of benzene rings is 2. The van der Waals surface area contributed by atoms with Gasteiger partial charge in [-0.3, -0.25) is 4.79 Å². The zero-order valence-electron chi connectivity index (χ0n) is 10.6. The number of amides is 1. The zero-order chi connectivity index (χ0) is 15.4. The summed E-state index contributed by atoms with van der Waals surface area (Å²) in [5.41, 5.74) is 6.68. The number of hydrogen-bond donors (Lipinski definition) is 2. The summed E-state index contributed by atoms with van der Waals surface area (Å²) < 4.78 is 28.2. The van der Waals surface area contributed by atoms with Crippen molar-refractivity contribution in [2.24, 2.45) is 0 Å². The smallest absolute Gasteiger partial charge is 0.387 e. The summed E-state index contributed by atoms with van der Waals surface area (Å²) in [7, 11) is 0. The van der Waals surface area contributed by atoms with Gasteiger partial charge in [-0.15, -0.1) is 0 Å². The van der Waals surface area contributed by atoms with Crippen molar-refractivity contribution in [1.29, 1.82) is 0 Å². The van der Waals surface area contributed by atoms with Crippen molar-refractivity contribution in [3.63, 3.8) is 0 Å². The lowest BCUT2D eigenvalue weighted by atomic mass is 10.2. The first-order valence-electron chi connectivity index (χ1n) is 5.87. The normalized spacial score (nSPS) is 10.5. The number of carbonyl (C=O) groups excluding carboxylic acids is 1. The molecular weight excluding hydrogens is 302 g/mol. The van der Waals surface area contributed by atoms with Crippen LogP contribution in [0.1, 0.15) is 10.4 Å². The molecule has 0 aliphatic rings. The minimum atomic E-state index is -2.89. The molecule has 21 heavy (non-hydrogen) atoms. The van der Waals surface area contributed by atoms with Crippen LogP contribution in [0, 0.1) is 0 Å². The maximum atomic E-state index is 12.0. The third kappa shape index (κ3) is 4.06. The highest BCUT2D eigenvalue weighted by Crippen LogP contribution is 2.22. The lowest BCUT2D eigenvalue weighted by Gasteiger charge is -2.09. The van der Waals surface area contributed by atoms with Gasteiger partial charge in [-0.25, -0.2) is 0 Å². The molecule has 2 aromatic carbocycles. The van der Waals surface area contributed by atoms with E-state index in [-0.39, 0.29) is 16.3 Å². The molecule has 2 rings (SSSR count). The highest BCUT2D eigenvalue weighted by Gasteiger charge is 2.11. The van der Waals surface area contributed by atoms with Crippen molar-refractivity contribution in [2.45, 2.75) is 6.61 Å². The van der Waals surface area contributed by atoms with Crippen molar-refractivity contribution >= 4 is 28.9 Å². The predicted molar refractivity (Wildman–Crippen MR) is 76.9 cm³/mol. The Bertz CT molecular complexity index is 648. The van der Waals surface area contributed by atoms with Crippen LogP contribution in [0.25, 0.3) is 0 Å². The van der Waals surface area contributed by atoms with Gasteiger partial charge in [0, 0.05) is 11.4 Å². The van der Waals surface area contributed by atoms with Gasteiger partial charge in [-0.2, -0.15) is 8.78 Å². The van der Waals surface area contributed by atoms with Gasteiger partial charge in [0.15, 0.2) is 0 Å². The summed E-state index contributed by atoms with van der Waals surface area (Å²) in [6.07, 6.45) is 0. The lowest BCUT2D eigenvalue weighted by molar-refractivity contribution is -0.0498. The van der Waals surface area contributed by atoms with Crippen LogP contribution in [0.4, 0.5) is 20.2 Å². The molecule has 0 atom stereocenters. The minimum Gasteiger partial charge on any atom is -0.435 e. The molecule has 0 radical (unpaired) electrons. The average molecular weight is 313 g/mol. The van der Waals surface area contributed by atoms with Crippen LogP contribution in [0.5, 0.6) is 5.75 Å². The second kappa shape index (κ2) is 6.41. The quantitative estimate of drug-likeness (QED) is 0.845. The van der Waals surface area contributed by atoms with Crippen molar-refractivity contribution in [2.75, 3.05) is 11.1 Å². The molecule has 4 nitrogen and oxygen atoms in total. The van der Waals surface area contributed by atoms with E-state index in [1.165, 1.54) is 36.4 Å². The number of halogens is 3. The van der Waals surface area contributed by atoms with Gasteiger partial charge in [0.25, 0.3) is 5.91 Å². The van der Waals surface area contributed by atoms with Gasteiger partial charge in [-0.05, 0) is 42.5 Å². The number of anilines is 2. The van der Waals surface area contributed by atoms with Crippen molar-refractivity contribution in [1.82, 2.24) is 0 Å². The molecule has 7 heteroatoms. The second-order valence-corrected chi connectivity index (χ2v) is 4.50. The average Bonchev–Trinajstić information content (AvgIpc) is 2.40. The maximum absolute atomic E-state index is 12.0. The van der Waals surface area contributed by atoms with E-state index in [0.29, 0.717) is 11.4 Å². The Morgan fingerprint density at radius 3 is 2.43 bits per heavy atom. The van der Waals surface area contributed by atoms with Gasteiger partial charge >= 0.3 is 6.61 Å². The first kappa shape index (κ1) is 15.1. The number of rotatable bonds is 4. The monoisotopic (exact) mass is 312 g/mol. The summed E-state index contributed by atoms with van der Waals surface area (Å²) in [5.74, 6) is -0.420. The number of nitrogens with one attached hydrogen (secondary N) is 1. The number of ether oxygens (including phenoxy) is 1. The fraction of sp³-hybridized carbons (Fsp3) is 0.0714. The van der Waals surface area contributed by atoms with Crippen LogP contribution in [0.3, 0.4) is 0 Å². The predicted octanol–water partition coefficient (Wildman–Crippen LogP) is 3.78. The topological polar surface area (TPSA) is 64.4 Å². The van der Waals surface area contributed by atoms with Crippen LogP contribution in [-0.2, 0) is 0 Å². The van der Waals surface area contributed by atoms with Crippen LogP contribution < -0.4 is 15.8 Å². The van der Waals surface area contributed by atoms with E-state index in [4.69, 9.17) is 17.3 Å². The molecule has 0 saturated carbocycles. The van der Waals surface area contributed by atoms with Crippen LogP contribution in [-0.4, -0.2) is 12.5 Å². The second-order valence-electron chi connectivity index (χ2n) is 4.10. The third-order valence-corrected chi connectivity index (χ3v) is 2.89. The van der Waals surface area contributed by atoms with E-state index in [2.05, 4.69) is 10.1 Å². The molecule has 0 heterocycles. The number of nitrogen functional groups attached to an aromatic ring is 1. The van der Waals surface area contributed by atoms with Gasteiger partial charge in [0.05, 0.1) is 10.6 Å². The minimum absolute atomic E-state index is 0.00789. The fourth-order valence-corrected chi connectivity index (χ4v) is 1.91. The van der Waals surface area contributed by atoms with Crippen LogP contribution in [0.2, 0.25) is 5.02 Å². The Labute approximate surface area is 124 Å². The molecule has 0 fully saturated rings. The van der Waals surface area contributed by atoms with Crippen molar-refractivity contribution < 1.29 is 18.3 Å². The van der Waals surface area contributed by atoms with E-state index >= 15 is 0 Å². The summed E-state index contributed by atoms with van der Waals surface area (Å²) >= 11 is 5.93. The number of hydrogen-bond acceptors (Lipinski definition) is 3. The molecule has 0 saturated heterocycles. The summed E-state index contributed by atoms with van der Waals surface area (Å²) in [5, 5.41) is 2.82. The summed E-state index contributed by atoms with van der Waals surface area (Å²) in [4.78, 5) is 12.0. The molecule has 2 aromatic rings. The Hall–Kier alpha value is -2.34. The van der Waals surface area contributed by atoms with Crippen LogP contribution >= 0.6 is 11.6 Å². The molecular formula is C14H11ClF2N2O2. The molecule has 110 valence electrons. The van der Waals surface area contributed by atoms with Crippen molar-refractivity contribution in [3.8, 4) is 5.75 Å². The molecule has 0 unspecified atom stereocenters. The van der Waals surface area contributed by atoms with Gasteiger partial charge < -0.3 is 15.8 Å². The largest absolute Gasteiger partial charge is 0.435 e. The first-order valence-corrected chi connectivity index (χ1v) is 6.25. The zero-order valence-corrected chi connectivity index (χ0v) is 11.4. The Morgan fingerprint density at radius 1 is 1.19 bits per heavy atom. The number of carbonyl (C=O) groups is 1. The SMILES string of the molecule is Nc1ccc(C(=O)Nc2ccc(OC(F)F)cc2)c(Cl)c1. The van der Waals surface area contributed by atoms with Gasteiger partial charge in [0.2, 0.25) is 0 Å². The molecule has 0 spiro atoms. The molecule has 0 aromatic heterocycles. The van der Waals surface area contributed by atoms with E-state index in [1.807, 2.05) is 0 Å². The molecule has 0 aliphatic heterocycles. The van der Waals surface area contributed by atoms with E-state index in [1.54, 1.807) is 6.07 Å². The molecule has 1 amide bonds. The Kier molecular flexibility index (Phi) is 4.59. The third-order valence-electron chi connectivity index (χ3n) is 2.58. The van der Waals surface area contributed by atoms with E-state index < -0.39 is 12.5 Å². The standard InChI is InChI=1S/C14H11ClF2N2O2/c15-12-7-8(18)1-6-11(12)13(20)19-9-2-4-10(5-3-9)21-14(16)17/h1-7,14H,18H2,(H,19,20). The Morgan fingerprint density at radius 2 is 1.86 bits per heavy atom. The van der Waals surface area contributed by atoms with Crippen LogP contribution in [0.15, 0.2) is 42.5 Å². The molecule has 0 aliphatic carbocycles. The Balaban J connectivity index is 2.08. The highest BCUT2D eigenvalue weighted by molar-refractivity contribution is 6.34. The fourth-order valence-electron chi connectivity index (χ4n) is 1.63. The number of nitrogens with two attached hydrogens (primary N) is 1. The van der Waals surface area contributed by atoms with Crippen molar-refractivity contribution in [3.05, 3.63) is 53.1 Å². The summed E-state index contributed by atoms with van der Waals surface area (Å²) in [6.45, 7) is -2.89. The highest BCUT2D eigenvalue weighted by atomic mass is 35.5. The number of alkyl halides is 2. The van der Waals surface area contributed by atoms with E-state index in [0.717, 1.165) is 0 Å². The lowest BCUT2D eigenvalue weighted by Crippen LogP contribution is -2.12.